The van der Waals surface area contributed by atoms with Crippen LogP contribution in [0.4, 0.5) is 10.1 Å². The number of ether oxygens (including phenoxy) is 2. The first-order valence-electron chi connectivity index (χ1n) is 13.3. The fourth-order valence-electron chi connectivity index (χ4n) is 6.17. The minimum Gasteiger partial charge on any atom is -0.496 e. The molecule has 2 aromatic heterocycles. The third-order valence-corrected chi connectivity index (χ3v) is 7.95. The van der Waals surface area contributed by atoms with E-state index in [-0.39, 0.29) is 23.0 Å². The number of rotatable bonds is 6. The molecule has 11 heteroatoms. The lowest BCUT2D eigenvalue weighted by molar-refractivity contribution is 0.0572. The summed E-state index contributed by atoms with van der Waals surface area (Å²) in [6, 6.07) is 9.19. The molecule has 7 nitrogen and oxygen atoms in total. The van der Waals surface area contributed by atoms with Crippen LogP contribution in [0.2, 0.25) is 0 Å². The van der Waals surface area contributed by atoms with E-state index in [0.717, 1.165) is 71.3 Å². The number of anilines is 1. The Morgan fingerprint density at radius 2 is 1.89 bits per heavy atom. The minimum atomic E-state index is -0.230. The third kappa shape index (κ3) is 4.08. The molecule has 0 saturated carbocycles. The highest BCUT2D eigenvalue weighted by Gasteiger charge is 2.45. The maximum absolute atomic E-state index is 14.0. The number of hydrogen-bond donors (Lipinski definition) is 0. The van der Waals surface area contributed by atoms with Crippen molar-refractivity contribution in [3.63, 3.8) is 0 Å². The van der Waals surface area contributed by atoms with Gasteiger partial charge in [0.2, 0.25) is 0 Å². The molecular weight excluding hydrogens is 478 g/mol. The summed E-state index contributed by atoms with van der Waals surface area (Å²) in [5.74, 6) is 0.946. The summed E-state index contributed by atoms with van der Waals surface area (Å²) in [5.41, 5.74) is 7.00. The molecule has 192 valence electrons. The zero-order chi connectivity index (χ0) is 26.6. The Hall–Kier alpha value is -3.33. The van der Waals surface area contributed by atoms with Gasteiger partial charge in [-0.3, -0.25) is 4.98 Å². The predicted octanol–water partition coefficient (Wildman–Crippen LogP) is 1.31. The smallest absolute Gasteiger partial charge is 0.126 e. The van der Waals surface area contributed by atoms with Crippen molar-refractivity contribution in [3.8, 4) is 11.3 Å². The van der Waals surface area contributed by atoms with Gasteiger partial charge in [-0.2, -0.15) is 0 Å². The number of aromatic nitrogens is 4. The van der Waals surface area contributed by atoms with Gasteiger partial charge in [0, 0.05) is 37.6 Å². The van der Waals surface area contributed by atoms with Crippen molar-refractivity contribution in [1.29, 1.82) is 0 Å². The van der Waals surface area contributed by atoms with Gasteiger partial charge in [0.1, 0.15) is 11.6 Å². The average Bonchev–Trinajstić information content (AvgIpc) is 3.59. The summed E-state index contributed by atoms with van der Waals surface area (Å²) in [6.07, 6.45) is 8.03. The minimum absolute atomic E-state index is 0.0189. The normalized spacial score (nSPS) is 20.1. The van der Waals surface area contributed by atoms with E-state index in [0.29, 0.717) is 5.92 Å². The maximum Gasteiger partial charge on any atom is 0.126 e. The van der Waals surface area contributed by atoms with Gasteiger partial charge in [0.15, 0.2) is 0 Å². The summed E-state index contributed by atoms with van der Waals surface area (Å²) in [4.78, 5) is 7.50. The predicted molar refractivity (Wildman–Crippen MR) is 154 cm³/mol. The molecule has 1 aromatic carbocycles. The van der Waals surface area contributed by atoms with Crippen molar-refractivity contribution in [2.45, 2.75) is 30.0 Å². The maximum atomic E-state index is 14.0. The van der Waals surface area contributed by atoms with Crippen LogP contribution in [0.15, 0.2) is 54.4 Å². The third-order valence-electron chi connectivity index (χ3n) is 7.95. The molecule has 1 unspecified atom stereocenters. The van der Waals surface area contributed by atoms with E-state index in [2.05, 4.69) is 50.9 Å². The summed E-state index contributed by atoms with van der Waals surface area (Å²) >= 11 is 0. The first-order valence-corrected chi connectivity index (χ1v) is 13.3. The first kappa shape index (κ1) is 25.0. The molecule has 6 rings (SSSR count). The highest BCUT2D eigenvalue weighted by Crippen LogP contribution is 2.52. The lowest BCUT2D eigenvalue weighted by Gasteiger charge is -2.41. The van der Waals surface area contributed by atoms with Crippen LogP contribution in [0.1, 0.15) is 35.8 Å². The van der Waals surface area contributed by atoms with Gasteiger partial charge < -0.3 is 14.4 Å². The molecule has 1 aliphatic carbocycles. The number of methoxy groups -OCH3 is 1. The van der Waals surface area contributed by atoms with Crippen LogP contribution in [0, 0.1) is 11.7 Å². The van der Waals surface area contributed by atoms with Crippen LogP contribution in [0.25, 0.3) is 16.8 Å². The molecular formula is C27H31B3FN5O2. The second-order valence-corrected chi connectivity index (χ2v) is 11.4. The van der Waals surface area contributed by atoms with Crippen molar-refractivity contribution in [3.05, 3.63) is 77.2 Å². The van der Waals surface area contributed by atoms with Crippen LogP contribution >= 0.6 is 0 Å². The van der Waals surface area contributed by atoms with E-state index in [4.69, 9.17) is 14.5 Å². The highest BCUT2D eigenvalue weighted by atomic mass is 19.1. The van der Waals surface area contributed by atoms with Gasteiger partial charge >= 0.3 is 0 Å². The molecule has 0 bridgehead atoms. The van der Waals surface area contributed by atoms with Crippen LogP contribution in [-0.2, 0) is 21.6 Å². The van der Waals surface area contributed by atoms with Crippen molar-refractivity contribution in [1.82, 2.24) is 20.0 Å². The Kier molecular flexibility index (Phi) is 6.21. The quantitative estimate of drug-likeness (QED) is 0.468. The Labute approximate surface area is 225 Å². The number of fused-ring (bicyclic) bond motifs is 3. The molecule has 0 N–H and O–H groups in total. The van der Waals surface area contributed by atoms with Crippen LogP contribution in [0.5, 0.6) is 0 Å². The fraction of sp³-hybridized carbons (Fsp3) is 0.370. The Balaban J connectivity index is 1.55. The summed E-state index contributed by atoms with van der Waals surface area (Å²) in [5, 5.41) is 8.68. The van der Waals surface area contributed by atoms with Gasteiger partial charge in [0.25, 0.3) is 0 Å². The van der Waals surface area contributed by atoms with E-state index in [1.807, 2.05) is 36.1 Å². The number of pyridine rings is 1. The molecule has 0 spiro atoms. The number of hydrogen-bond acceptors (Lipinski definition) is 6. The molecule has 2 aliphatic heterocycles. The molecule has 3 aliphatic rings. The fourth-order valence-corrected chi connectivity index (χ4v) is 6.17. The number of halogens is 1. The number of nitrogens with zero attached hydrogens (tertiary/aromatic N) is 5. The van der Waals surface area contributed by atoms with E-state index >= 15 is 0 Å². The van der Waals surface area contributed by atoms with E-state index in [1.54, 1.807) is 19.2 Å². The van der Waals surface area contributed by atoms with Crippen molar-refractivity contribution in [2.75, 3.05) is 25.2 Å². The molecule has 38 heavy (non-hydrogen) atoms. The lowest BCUT2D eigenvalue weighted by atomic mass is 9.41. The number of aryl methyl sites for hydroxylation is 1. The monoisotopic (exact) mass is 509 g/mol. The first-order chi connectivity index (χ1) is 18.3. The van der Waals surface area contributed by atoms with Crippen LogP contribution < -0.4 is 4.90 Å². The topological polar surface area (TPSA) is 65.3 Å². The van der Waals surface area contributed by atoms with Crippen molar-refractivity contribution >= 4 is 34.8 Å². The Bertz CT molecular complexity index is 1430. The zero-order valence-electron chi connectivity index (χ0n) is 22.6. The molecule has 4 heterocycles. The summed E-state index contributed by atoms with van der Waals surface area (Å²) < 4.78 is 27.4. The Morgan fingerprint density at radius 3 is 2.58 bits per heavy atom. The summed E-state index contributed by atoms with van der Waals surface area (Å²) in [6.45, 7) is 1.45. The van der Waals surface area contributed by atoms with E-state index in [9.17, 15) is 4.39 Å². The second kappa shape index (κ2) is 9.45. The molecule has 1 fully saturated rings. The lowest BCUT2D eigenvalue weighted by Crippen LogP contribution is -2.39. The van der Waals surface area contributed by atoms with E-state index < -0.39 is 0 Å². The second-order valence-electron chi connectivity index (χ2n) is 11.4. The highest BCUT2D eigenvalue weighted by molar-refractivity contribution is 6.59. The summed E-state index contributed by atoms with van der Waals surface area (Å²) in [7, 11) is 10.1. The van der Waals surface area contributed by atoms with Gasteiger partial charge in [-0.05, 0) is 48.6 Å². The van der Waals surface area contributed by atoms with Gasteiger partial charge in [-0.15, -0.1) is 5.10 Å². The van der Waals surface area contributed by atoms with Crippen LogP contribution in [-0.4, -0.2) is 69.9 Å². The molecule has 2 atom stereocenters. The standard InChI is InChI=1S/C27H31B3FN5O2/c1-35-25(26(33-34-35)27(28,29)30)17-13-20-23(32-14-17)22-19(7-8-21(22)37-2)36(20)24(16-9-11-38-12-10-16)15-3-5-18(31)6-4-15/h3-8,13-14,16,19,24H,9-12,28-30H2,1-2H3/t19?,24-/m1/s1. The number of allylic oxidation sites excluding steroid dienone is 1. The van der Waals surface area contributed by atoms with Crippen molar-refractivity contribution < 1.29 is 13.9 Å². The molecule has 3 aromatic rings. The van der Waals surface area contributed by atoms with Gasteiger partial charge in [-0.25, -0.2) is 9.07 Å². The largest absolute Gasteiger partial charge is 0.496 e. The van der Waals surface area contributed by atoms with Gasteiger partial charge in [-0.1, -0.05) is 28.5 Å². The zero-order valence-corrected chi connectivity index (χ0v) is 22.6. The SMILES string of the molecule is BC(B)(B)c1nnn(C)c1-c1cnc2c(c1)N([C@H](c1ccc(F)cc1)C1CCOCC1)C1C=CC(OC)=C21. The number of benzene rings is 1. The molecule has 0 radical (unpaired) electrons. The molecule has 1 saturated heterocycles. The Morgan fingerprint density at radius 1 is 1.16 bits per heavy atom. The van der Waals surface area contributed by atoms with E-state index in [1.165, 1.54) is 0 Å². The van der Waals surface area contributed by atoms with Crippen LogP contribution in [0.3, 0.4) is 0 Å². The average molecular weight is 509 g/mol. The molecule has 0 amide bonds. The van der Waals surface area contributed by atoms with Crippen molar-refractivity contribution in [2.24, 2.45) is 13.0 Å². The van der Waals surface area contributed by atoms with Gasteiger partial charge in [0.05, 0.1) is 65.5 Å².